The fourth-order valence-electron chi connectivity index (χ4n) is 3.97. The highest BCUT2D eigenvalue weighted by atomic mass is 16.4. The lowest BCUT2D eigenvalue weighted by atomic mass is 9.90. The molecule has 0 bridgehead atoms. The van der Waals surface area contributed by atoms with E-state index >= 15 is 0 Å². The van der Waals surface area contributed by atoms with Crippen LogP contribution in [-0.2, 0) is 14.4 Å². The number of hydrogen-bond acceptors (Lipinski definition) is 8. The molecule has 1 aliphatic heterocycles. The number of rotatable bonds is 9. The highest BCUT2D eigenvalue weighted by molar-refractivity contribution is 6.09. The van der Waals surface area contributed by atoms with E-state index in [9.17, 15) is 39.0 Å². The third-order valence-corrected chi connectivity index (χ3v) is 5.75. The van der Waals surface area contributed by atoms with E-state index < -0.39 is 49.3 Å². The van der Waals surface area contributed by atoms with Gasteiger partial charge < -0.3 is 35.7 Å². The quantitative estimate of drug-likeness (QED) is 0.164. The summed E-state index contributed by atoms with van der Waals surface area (Å²) in [4.78, 5) is 70.8. The van der Waals surface area contributed by atoms with E-state index in [1.54, 1.807) is 6.07 Å². The van der Waals surface area contributed by atoms with Gasteiger partial charge in [-0.3, -0.25) is 24.0 Å². The fraction of sp³-hybridized carbons (Fsp3) is 0.111. The monoisotopic (exact) mass is 547 g/mol. The van der Waals surface area contributed by atoms with Gasteiger partial charge in [-0.15, -0.1) is 0 Å². The Morgan fingerprint density at radius 2 is 1.43 bits per heavy atom. The Balaban J connectivity index is 1.61. The molecule has 0 aromatic heterocycles. The summed E-state index contributed by atoms with van der Waals surface area (Å²) in [6.45, 7) is -1.65. The number of phenols is 1. The lowest BCUT2D eigenvalue weighted by molar-refractivity contribution is -0.137. The zero-order valence-corrected chi connectivity index (χ0v) is 20.5. The van der Waals surface area contributed by atoms with Gasteiger partial charge in [0.15, 0.2) is 5.43 Å². The number of aromatic hydroxyl groups is 1. The largest absolute Gasteiger partial charge is 0.508 e. The molecule has 1 aliphatic carbocycles. The first-order valence-corrected chi connectivity index (χ1v) is 11.6. The second kappa shape index (κ2) is 11.3. The van der Waals surface area contributed by atoms with E-state index in [1.807, 2.05) is 0 Å². The normalized spacial score (nSPS) is 10.7. The molecule has 0 saturated heterocycles. The van der Waals surface area contributed by atoms with E-state index in [0.717, 1.165) is 6.07 Å². The van der Waals surface area contributed by atoms with Gasteiger partial charge in [0.2, 0.25) is 11.8 Å². The summed E-state index contributed by atoms with van der Waals surface area (Å²) in [6, 6.07) is 12.2. The molecule has 0 fully saturated rings. The van der Waals surface area contributed by atoms with Gasteiger partial charge in [-0.2, -0.15) is 0 Å². The first-order valence-electron chi connectivity index (χ1n) is 11.6. The third kappa shape index (κ3) is 6.05. The first-order chi connectivity index (χ1) is 19.0. The molecule has 40 heavy (non-hydrogen) atoms. The molecular formula is C27H21N3O10. The van der Waals surface area contributed by atoms with Crippen LogP contribution in [0.4, 0.5) is 0 Å². The van der Waals surface area contributed by atoms with Gasteiger partial charge >= 0.3 is 11.9 Å². The van der Waals surface area contributed by atoms with Crippen molar-refractivity contribution in [2.45, 2.75) is 0 Å². The summed E-state index contributed by atoms with van der Waals surface area (Å²) in [5.74, 6) is -4.77. The average molecular weight is 547 g/mol. The maximum absolute atomic E-state index is 12.7. The van der Waals surface area contributed by atoms with Crippen molar-refractivity contribution in [1.82, 2.24) is 16.0 Å². The van der Waals surface area contributed by atoms with Crippen LogP contribution in [0.25, 0.3) is 33.4 Å². The maximum Gasteiger partial charge on any atom is 0.336 e. The molecule has 0 saturated carbocycles. The lowest BCUT2D eigenvalue weighted by Crippen LogP contribution is -2.42. The number of amides is 3. The van der Waals surface area contributed by atoms with Crippen molar-refractivity contribution in [2.75, 3.05) is 19.6 Å². The molecule has 0 spiro atoms. The average Bonchev–Trinajstić information content (AvgIpc) is 2.91. The lowest BCUT2D eigenvalue weighted by Gasteiger charge is -2.17. The van der Waals surface area contributed by atoms with E-state index in [0.29, 0.717) is 16.5 Å². The number of benzene rings is 3. The number of phenolic OH excluding ortho intramolecular Hbond substituents is 1. The van der Waals surface area contributed by atoms with Crippen molar-refractivity contribution < 1.29 is 43.7 Å². The molecule has 1 heterocycles. The van der Waals surface area contributed by atoms with Crippen LogP contribution in [0.1, 0.15) is 20.7 Å². The minimum absolute atomic E-state index is 0.0677. The van der Waals surface area contributed by atoms with E-state index in [2.05, 4.69) is 16.0 Å². The smallest absolute Gasteiger partial charge is 0.336 e. The molecule has 13 nitrogen and oxygen atoms in total. The number of carbonyl (C=O) groups is 5. The highest BCUT2D eigenvalue weighted by Gasteiger charge is 2.23. The van der Waals surface area contributed by atoms with Gasteiger partial charge in [-0.1, -0.05) is 6.07 Å². The van der Waals surface area contributed by atoms with Crippen LogP contribution >= 0.6 is 0 Å². The zero-order chi connectivity index (χ0) is 29.0. The molecule has 6 N–H and O–H groups in total. The fourth-order valence-corrected chi connectivity index (χ4v) is 3.97. The van der Waals surface area contributed by atoms with Gasteiger partial charge in [0, 0.05) is 34.2 Å². The van der Waals surface area contributed by atoms with Crippen molar-refractivity contribution in [2.24, 2.45) is 0 Å². The number of carboxylic acid groups (broad SMARTS) is 2. The summed E-state index contributed by atoms with van der Waals surface area (Å²) < 4.78 is 5.78. The van der Waals surface area contributed by atoms with Crippen LogP contribution in [0.3, 0.4) is 0 Å². The third-order valence-electron chi connectivity index (χ3n) is 5.75. The Morgan fingerprint density at radius 3 is 2.12 bits per heavy atom. The van der Waals surface area contributed by atoms with Gasteiger partial charge in [-0.05, 0) is 42.0 Å². The summed E-state index contributed by atoms with van der Waals surface area (Å²) >= 11 is 0. The van der Waals surface area contributed by atoms with E-state index in [-0.39, 0.29) is 39.2 Å². The SMILES string of the molecule is O=C(O)CNC(=O)CNC(=O)CNC(=O)c1ccc(-c2c3ccc(=O)cc-3oc3cc(O)ccc23)c(C(=O)O)c1. The Labute approximate surface area is 224 Å². The molecule has 204 valence electrons. The van der Waals surface area contributed by atoms with Gasteiger partial charge in [-0.25, -0.2) is 4.79 Å². The predicted molar refractivity (Wildman–Crippen MR) is 139 cm³/mol. The van der Waals surface area contributed by atoms with Gasteiger partial charge in [0.1, 0.15) is 23.6 Å². The van der Waals surface area contributed by atoms with Crippen molar-refractivity contribution in [3.8, 4) is 28.2 Å². The Bertz CT molecular complexity index is 1710. The Kier molecular flexibility index (Phi) is 7.75. The molecule has 13 heteroatoms. The number of aliphatic carboxylic acids is 1. The molecule has 0 radical (unpaired) electrons. The first kappa shape index (κ1) is 27.3. The molecule has 3 amide bonds. The Morgan fingerprint density at radius 1 is 0.750 bits per heavy atom. The van der Waals surface area contributed by atoms with Crippen LogP contribution in [0, 0.1) is 0 Å². The molecule has 2 aromatic rings. The summed E-state index contributed by atoms with van der Waals surface area (Å²) in [5, 5.41) is 35.5. The molecule has 4 rings (SSSR count). The molecule has 0 unspecified atom stereocenters. The van der Waals surface area contributed by atoms with Crippen molar-refractivity contribution in [3.63, 3.8) is 0 Å². The second-order valence-electron chi connectivity index (χ2n) is 8.51. The second-order valence-corrected chi connectivity index (χ2v) is 8.51. The minimum atomic E-state index is -1.35. The number of nitrogens with one attached hydrogen (secondary N) is 3. The van der Waals surface area contributed by atoms with Crippen molar-refractivity contribution in [3.05, 3.63) is 75.9 Å². The zero-order valence-electron chi connectivity index (χ0n) is 20.5. The van der Waals surface area contributed by atoms with Crippen molar-refractivity contribution in [1.29, 1.82) is 0 Å². The molecule has 0 atom stereocenters. The van der Waals surface area contributed by atoms with Gasteiger partial charge in [0.25, 0.3) is 5.91 Å². The van der Waals surface area contributed by atoms with Gasteiger partial charge in [0.05, 0.1) is 18.7 Å². The van der Waals surface area contributed by atoms with Crippen LogP contribution in [-0.4, -0.2) is 64.6 Å². The minimum Gasteiger partial charge on any atom is -0.508 e. The van der Waals surface area contributed by atoms with Crippen LogP contribution in [0.2, 0.25) is 0 Å². The summed E-state index contributed by atoms with van der Waals surface area (Å²) in [7, 11) is 0. The molecular weight excluding hydrogens is 526 g/mol. The van der Waals surface area contributed by atoms with E-state index in [4.69, 9.17) is 9.52 Å². The van der Waals surface area contributed by atoms with Crippen molar-refractivity contribution >= 4 is 40.6 Å². The topological polar surface area (TPSA) is 212 Å². The van der Waals surface area contributed by atoms with Crippen LogP contribution < -0.4 is 21.4 Å². The number of carbonyl (C=O) groups excluding carboxylic acids is 3. The summed E-state index contributed by atoms with van der Waals surface area (Å²) in [5.41, 5.74) is 0.597. The maximum atomic E-state index is 12.7. The van der Waals surface area contributed by atoms with Crippen LogP contribution in [0.15, 0.2) is 63.8 Å². The highest BCUT2D eigenvalue weighted by Crippen LogP contribution is 2.42. The number of hydrogen-bond donors (Lipinski definition) is 6. The molecule has 2 aromatic carbocycles. The van der Waals surface area contributed by atoms with E-state index in [1.165, 1.54) is 42.5 Å². The summed E-state index contributed by atoms with van der Waals surface area (Å²) in [6.07, 6.45) is 0. The molecule has 2 aliphatic rings. The Hall–Kier alpha value is -5.72. The number of fused-ring (bicyclic) bond motifs is 2. The number of aromatic carboxylic acids is 1. The number of carboxylic acids is 2. The predicted octanol–water partition coefficient (Wildman–Crippen LogP) is 1.02. The standard InChI is InChI=1S/C27H21N3O10/c31-14-2-5-17-20(8-14)40-21-9-15(32)3-6-18(21)25(17)16-4-1-13(7-19(16)27(38)39)26(37)30-11-23(34)28-10-22(33)29-12-24(35)36/h1-9,31H,10-12H2,(H,28,34)(H,29,33)(H,30,37)(H,35,36)(H,38,39). The van der Waals surface area contributed by atoms with Crippen LogP contribution in [0.5, 0.6) is 5.75 Å².